The molecule has 6 nitrogen and oxygen atoms in total. The second-order valence-electron chi connectivity index (χ2n) is 4.08. The molecule has 2 aromatic rings. The van der Waals surface area contributed by atoms with E-state index in [-0.39, 0.29) is 22.3 Å². The van der Waals surface area contributed by atoms with Crippen LogP contribution in [0, 0.1) is 0 Å². The highest BCUT2D eigenvalue weighted by Crippen LogP contribution is 2.31. The van der Waals surface area contributed by atoms with E-state index in [1.807, 2.05) is 0 Å². The molecule has 0 spiro atoms. The van der Waals surface area contributed by atoms with Crippen molar-refractivity contribution < 1.29 is 25.5 Å². The summed E-state index contributed by atoms with van der Waals surface area (Å²) in [5.41, 5.74) is 3.70. The number of carbonyl (C=O) groups excluding carboxylic acids is 1. The Hall–Kier alpha value is -1.44. The highest BCUT2D eigenvalue weighted by atomic mass is 35.5. The third kappa shape index (κ3) is 5.08. The van der Waals surface area contributed by atoms with Crippen LogP contribution in [0.4, 0.5) is 0 Å². The Bertz CT molecular complexity index is 634. The van der Waals surface area contributed by atoms with Gasteiger partial charge in [0.2, 0.25) is 0 Å². The second-order valence-corrected chi connectivity index (χ2v) is 4.84. The maximum absolute atomic E-state index is 10.7. The molecule has 8 heteroatoms. The van der Waals surface area contributed by atoms with Crippen molar-refractivity contribution in [2.75, 3.05) is 26.4 Å². The van der Waals surface area contributed by atoms with Crippen molar-refractivity contribution in [2.45, 2.75) is 0 Å². The van der Waals surface area contributed by atoms with Crippen LogP contribution < -0.4 is 10.8 Å². The minimum Gasteiger partial charge on any atom is -0.543 e. The number of hydrogen-bond donors (Lipinski definition) is 2. The predicted molar refractivity (Wildman–Crippen MR) is 81.8 cm³/mol. The first-order valence-electron chi connectivity index (χ1n) is 6.45. The van der Waals surface area contributed by atoms with Crippen molar-refractivity contribution in [2.24, 2.45) is 0 Å². The van der Waals surface area contributed by atoms with E-state index < -0.39 is 5.97 Å². The lowest BCUT2D eigenvalue weighted by molar-refractivity contribution is -0.374. The summed E-state index contributed by atoms with van der Waals surface area (Å²) < 4.78 is 4.82. The Morgan fingerprint density at radius 2 is 1.95 bits per heavy atom. The van der Waals surface area contributed by atoms with Crippen LogP contribution in [0.25, 0.3) is 10.9 Å². The van der Waals surface area contributed by atoms with E-state index >= 15 is 0 Å². The molecule has 22 heavy (non-hydrogen) atoms. The Labute approximate surface area is 137 Å². The van der Waals surface area contributed by atoms with Gasteiger partial charge in [-0.2, -0.15) is 0 Å². The highest BCUT2D eigenvalue weighted by molar-refractivity contribution is 6.46. The highest BCUT2D eigenvalue weighted by Gasteiger charge is 2.11. The number of ether oxygens (including phenoxy) is 1. The summed E-state index contributed by atoms with van der Waals surface area (Å²) in [7, 11) is 0. The van der Waals surface area contributed by atoms with E-state index in [9.17, 15) is 9.90 Å². The number of rotatable bonds is 5. The van der Waals surface area contributed by atoms with Gasteiger partial charge in [-0.05, 0) is 6.07 Å². The van der Waals surface area contributed by atoms with Gasteiger partial charge < -0.3 is 25.5 Å². The zero-order chi connectivity index (χ0) is 16.5. The first-order valence-corrected chi connectivity index (χ1v) is 7.21. The number of pyridine rings is 1. The Kier molecular flexibility index (Phi) is 8.08. The van der Waals surface area contributed by atoms with Crippen LogP contribution in [-0.2, 0) is 4.74 Å². The van der Waals surface area contributed by atoms with Crippen molar-refractivity contribution in [1.29, 1.82) is 0 Å². The monoisotopic (exact) mass is 346 g/mol. The Morgan fingerprint density at radius 3 is 2.55 bits per heavy atom. The number of carboxylic acids is 1. The molecule has 2 rings (SSSR count). The number of quaternary nitrogens is 1. The normalized spacial score (nSPS) is 10.2. The van der Waals surface area contributed by atoms with Gasteiger partial charge in [0, 0.05) is 5.39 Å². The van der Waals surface area contributed by atoms with Crippen LogP contribution in [0.1, 0.15) is 10.5 Å². The average Bonchev–Trinajstić information content (AvgIpc) is 2.52. The van der Waals surface area contributed by atoms with E-state index in [0.717, 1.165) is 6.54 Å². The molecule has 0 fully saturated rings. The molecular formula is C14H16Cl2N2O4. The third-order valence-electron chi connectivity index (χ3n) is 2.49. The molecule has 0 atom stereocenters. The molecule has 0 aliphatic rings. The summed E-state index contributed by atoms with van der Waals surface area (Å²) in [5.74, 6) is -1.44. The second kappa shape index (κ2) is 9.55. The van der Waals surface area contributed by atoms with Crippen molar-refractivity contribution in [3.8, 4) is 0 Å². The molecule has 120 valence electrons. The lowest BCUT2D eigenvalue weighted by atomic mass is 10.2. The molecule has 0 unspecified atom stereocenters. The third-order valence-corrected chi connectivity index (χ3v) is 3.35. The molecule has 0 saturated carbocycles. The number of hydrogen-bond acceptors (Lipinski definition) is 5. The molecule has 1 heterocycles. The first kappa shape index (κ1) is 18.6. The summed E-state index contributed by atoms with van der Waals surface area (Å²) >= 11 is 11.7. The number of carbonyl (C=O) groups is 1. The van der Waals surface area contributed by atoms with Crippen LogP contribution >= 0.6 is 23.2 Å². The van der Waals surface area contributed by atoms with Crippen molar-refractivity contribution in [3.05, 3.63) is 40.0 Å². The molecular weight excluding hydrogens is 331 g/mol. The zero-order valence-corrected chi connectivity index (χ0v) is 13.2. The van der Waals surface area contributed by atoms with Crippen LogP contribution in [-0.4, -0.2) is 42.4 Å². The number of benzene rings is 1. The van der Waals surface area contributed by atoms with Gasteiger partial charge in [-0.3, -0.25) is 0 Å². The lowest BCUT2D eigenvalue weighted by Crippen LogP contribution is -2.52. The number of aliphatic hydroxyl groups is 1. The molecule has 1 aromatic carbocycles. The van der Waals surface area contributed by atoms with Crippen LogP contribution in [0.3, 0.4) is 0 Å². The Balaban J connectivity index is 0.000000295. The number of nitrogens with zero attached hydrogens (tertiary/aromatic N) is 1. The van der Waals surface area contributed by atoms with E-state index in [1.54, 1.807) is 24.3 Å². The van der Waals surface area contributed by atoms with E-state index in [1.165, 1.54) is 0 Å². The van der Waals surface area contributed by atoms with Crippen LogP contribution in [0.5, 0.6) is 0 Å². The van der Waals surface area contributed by atoms with Gasteiger partial charge in [0.15, 0.2) is 0 Å². The standard InChI is InChI=1S/C10H5Cl2NO2.C4H11NO2/c11-7-5-3-1-2-4-6(5)13-9(8(7)12)10(14)15;5-1-3-7-4-2-6/h1-4H,(H,14,15);6H,1-5H2. The molecule has 0 amide bonds. The fraction of sp³-hybridized carbons (Fsp3) is 0.286. The van der Waals surface area contributed by atoms with Crippen molar-refractivity contribution >= 4 is 40.1 Å². The van der Waals surface area contributed by atoms with Gasteiger partial charge in [-0.15, -0.1) is 0 Å². The van der Waals surface area contributed by atoms with Gasteiger partial charge in [-0.25, -0.2) is 4.98 Å². The number of para-hydroxylation sites is 1. The smallest absolute Gasteiger partial charge is 0.107 e. The molecule has 0 aliphatic carbocycles. The number of halogens is 2. The quantitative estimate of drug-likeness (QED) is 0.748. The molecule has 0 aliphatic heterocycles. The van der Waals surface area contributed by atoms with Crippen molar-refractivity contribution in [3.63, 3.8) is 0 Å². The zero-order valence-electron chi connectivity index (χ0n) is 11.7. The average molecular weight is 347 g/mol. The lowest BCUT2D eigenvalue weighted by Gasteiger charge is -2.08. The van der Waals surface area contributed by atoms with Crippen LogP contribution in [0.15, 0.2) is 24.3 Å². The maximum atomic E-state index is 10.7. The number of aromatic nitrogens is 1. The minimum atomic E-state index is -1.44. The predicted octanol–water partition coefficient (Wildman–Crippen LogP) is 0.142. The van der Waals surface area contributed by atoms with Gasteiger partial charge >= 0.3 is 0 Å². The van der Waals surface area contributed by atoms with Crippen molar-refractivity contribution in [1.82, 2.24) is 4.98 Å². The number of carboxylic acid groups (broad SMARTS) is 1. The van der Waals surface area contributed by atoms with Gasteiger partial charge in [0.25, 0.3) is 0 Å². The number of aromatic carboxylic acids is 1. The summed E-state index contributed by atoms with van der Waals surface area (Å²) in [6.07, 6.45) is 0. The molecule has 0 saturated heterocycles. The van der Waals surface area contributed by atoms with E-state index in [0.29, 0.717) is 24.1 Å². The minimum absolute atomic E-state index is 0.0876. The fourth-order valence-corrected chi connectivity index (χ4v) is 2.02. The topological polar surface area (TPSA) is 110 Å². The summed E-state index contributed by atoms with van der Waals surface area (Å²) in [5, 5.41) is 19.6. The van der Waals surface area contributed by atoms with Crippen LogP contribution in [0.2, 0.25) is 10.0 Å². The number of aliphatic hydroxyl groups excluding tert-OH is 1. The van der Waals surface area contributed by atoms with Gasteiger partial charge in [0.1, 0.15) is 5.69 Å². The Morgan fingerprint density at radius 1 is 1.27 bits per heavy atom. The summed E-state index contributed by atoms with van der Waals surface area (Å²) in [6, 6.07) is 6.88. The van der Waals surface area contributed by atoms with E-state index in [2.05, 4.69) is 10.7 Å². The maximum Gasteiger partial charge on any atom is 0.107 e. The van der Waals surface area contributed by atoms with Gasteiger partial charge in [0.05, 0.1) is 47.9 Å². The molecule has 1 aromatic heterocycles. The largest absolute Gasteiger partial charge is 0.543 e. The SMILES string of the molecule is O=C([O-])c1nc2ccccc2c(Cl)c1Cl.[NH3+]CCOCCO. The number of fused-ring (bicyclic) bond motifs is 1. The van der Waals surface area contributed by atoms with E-state index in [4.69, 9.17) is 33.0 Å². The first-order chi connectivity index (χ1) is 10.5. The fourth-order valence-electron chi connectivity index (χ4n) is 1.55. The molecule has 0 radical (unpaired) electrons. The molecule has 4 N–H and O–H groups in total. The summed E-state index contributed by atoms with van der Waals surface area (Å²) in [6.45, 7) is 1.98. The van der Waals surface area contributed by atoms with Gasteiger partial charge in [-0.1, -0.05) is 41.4 Å². The summed E-state index contributed by atoms with van der Waals surface area (Å²) in [4.78, 5) is 14.6. The molecule has 0 bridgehead atoms.